The van der Waals surface area contributed by atoms with Gasteiger partial charge in [-0.2, -0.15) is 0 Å². The lowest BCUT2D eigenvalue weighted by Gasteiger charge is -2.28. The molecule has 1 atom stereocenters. The van der Waals surface area contributed by atoms with Gasteiger partial charge in [-0.05, 0) is 51.9 Å². The van der Waals surface area contributed by atoms with Gasteiger partial charge < -0.3 is 10.1 Å². The van der Waals surface area contributed by atoms with Gasteiger partial charge in [0.1, 0.15) is 11.6 Å². The fourth-order valence-electron chi connectivity index (χ4n) is 3.53. The van der Waals surface area contributed by atoms with Gasteiger partial charge in [-0.15, -0.1) is 8.86 Å². The van der Waals surface area contributed by atoms with Gasteiger partial charge in [0.15, 0.2) is 6.29 Å². The zero-order chi connectivity index (χ0) is 23.8. The van der Waals surface area contributed by atoms with Gasteiger partial charge in [-0.1, -0.05) is 35.9 Å². The average Bonchev–Trinajstić information content (AvgIpc) is 2.76. The number of Topliss-reactive ketones (excluding diaryl/α,β-unsaturated/α-hetero) is 2. The summed E-state index contributed by atoms with van der Waals surface area (Å²) < 4.78 is 0. The minimum absolute atomic E-state index is 0.0140. The van der Waals surface area contributed by atoms with Gasteiger partial charge in [0.25, 0.3) is 5.91 Å². The van der Waals surface area contributed by atoms with E-state index in [1.165, 1.54) is 13.8 Å². The van der Waals surface area contributed by atoms with E-state index in [-0.39, 0.29) is 24.0 Å². The van der Waals surface area contributed by atoms with Crippen LogP contribution in [0.25, 0.3) is 0 Å². The number of carbonyl (C=O) groups is 4. The molecule has 0 saturated heterocycles. The van der Waals surface area contributed by atoms with Crippen molar-refractivity contribution in [3.63, 3.8) is 0 Å². The van der Waals surface area contributed by atoms with Gasteiger partial charge in [0, 0.05) is 35.1 Å². The minimum Gasteiger partial charge on any atom is -0.348 e. The summed E-state index contributed by atoms with van der Waals surface area (Å²) >= 11 is 0. The maximum Gasteiger partial charge on any atom is 0.251 e. The molecule has 2 rings (SSSR count). The number of amides is 1. The molecule has 0 fully saturated rings. The highest BCUT2D eigenvalue weighted by molar-refractivity contribution is 7.22. The summed E-state index contributed by atoms with van der Waals surface area (Å²) in [6, 6.07) is 12.1. The Hall–Kier alpha value is -2.95. The molecule has 1 unspecified atom stereocenters. The third-order valence-corrected chi connectivity index (χ3v) is 5.97. The van der Waals surface area contributed by atoms with Crippen LogP contribution in [0, 0.1) is 6.92 Å². The average molecular weight is 452 g/mol. The summed E-state index contributed by atoms with van der Waals surface area (Å²) in [7, 11) is 5.35. The fraction of sp³-hybridized carbons (Fsp3) is 0.320. The fourth-order valence-corrected chi connectivity index (χ4v) is 3.91. The molecule has 0 saturated carbocycles. The lowest BCUT2D eigenvalue weighted by Crippen LogP contribution is -2.41. The molecular formula is C25H29N2O4P. The number of likely N-dealkylation sites (N-methyl/N-ethyl adjacent to an activating group) is 1. The molecule has 1 N–H and O–H groups in total. The predicted octanol–water partition coefficient (Wildman–Crippen LogP) is 3.62. The third-order valence-electron chi connectivity index (χ3n) is 5.35. The lowest BCUT2D eigenvalue weighted by atomic mass is 9.99. The van der Waals surface area contributed by atoms with Crippen molar-refractivity contribution in [2.24, 2.45) is 0 Å². The number of nitrogens with one attached hydrogen (secondary N) is 1. The number of ketones is 2. The normalized spacial score (nSPS) is 11.7. The lowest BCUT2D eigenvalue weighted by molar-refractivity contribution is -0.121. The van der Waals surface area contributed by atoms with Gasteiger partial charge in [-0.3, -0.25) is 19.3 Å². The van der Waals surface area contributed by atoms with Crippen molar-refractivity contribution < 1.29 is 19.2 Å². The third kappa shape index (κ3) is 6.52. The Morgan fingerprint density at radius 1 is 1.12 bits per heavy atom. The van der Waals surface area contributed by atoms with Crippen molar-refractivity contribution in [1.82, 2.24) is 10.2 Å². The highest BCUT2D eigenvalue weighted by atomic mass is 31.0. The van der Waals surface area contributed by atoms with Crippen LogP contribution >= 0.6 is 8.86 Å². The predicted molar refractivity (Wildman–Crippen MR) is 129 cm³/mol. The topological polar surface area (TPSA) is 83.6 Å². The van der Waals surface area contributed by atoms with Crippen LogP contribution < -0.4 is 5.32 Å². The summed E-state index contributed by atoms with van der Waals surface area (Å²) in [5.41, 5.74) is 3.78. The van der Waals surface area contributed by atoms with Crippen LogP contribution in [0.15, 0.2) is 42.5 Å². The molecule has 0 aliphatic heterocycles. The zero-order valence-corrected chi connectivity index (χ0v) is 19.9. The first-order valence-corrected chi connectivity index (χ1v) is 10.9. The molecule has 1 amide bonds. The van der Waals surface area contributed by atoms with Crippen molar-refractivity contribution in [3.05, 3.63) is 70.3 Å². The number of aryl methyl sites for hydroxylation is 1. The van der Waals surface area contributed by atoms with Gasteiger partial charge in [0.05, 0.1) is 6.04 Å². The number of hydrogen-bond acceptors (Lipinski definition) is 4. The second kappa shape index (κ2) is 11.6. The molecular weight excluding hydrogens is 423 g/mol. The Bertz CT molecular complexity index is 1050. The Morgan fingerprint density at radius 3 is 2.41 bits per heavy atom. The zero-order valence-electron chi connectivity index (χ0n) is 18.9. The van der Waals surface area contributed by atoms with E-state index in [0.717, 1.165) is 11.8 Å². The molecule has 0 aliphatic rings. The maximum atomic E-state index is 12.5. The molecule has 2 aromatic rings. The van der Waals surface area contributed by atoms with E-state index in [2.05, 4.69) is 14.2 Å². The van der Waals surface area contributed by atoms with E-state index in [9.17, 15) is 19.2 Å². The molecule has 0 radical (unpaired) electrons. The summed E-state index contributed by atoms with van der Waals surface area (Å²) in [5.74, 6) is -0.282. The SMILES string of the molecule is CC(=O)CCC(C(C)=O)N(C)C(=P)c1cccc(CNC(=O)c2cccc(C)c2)c1C=O. The highest BCUT2D eigenvalue weighted by Gasteiger charge is 2.24. The molecule has 168 valence electrons. The van der Waals surface area contributed by atoms with E-state index in [1.54, 1.807) is 42.3 Å². The summed E-state index contributed by atoms with van der Waals surface area (Å²) in [6.07, 6.45) is 1.42. The van der Waals surface area contributed by atoms with Crippen LogP contribution in [0.4, 0.5) is 0 Å². The van der Waals surface area contributed by atoms with Gasteiger partial charge in [-0.25, -0.2) is 0 Å². The van der Waals surface area contributed by atoms with Crippen molar-refractivity contribution in [2.75, 3.05) is 7.05 Å². The van der Waals surface area contributed by atoms with Crippen molar-refractivity contribution >= 4 is 38.0 Å². The van der Waals surface area contributed by atoms with E-state index in [4.69, 9.17) is 0 Å². The molecule has 2 aromatic carbocycles. The second-order valence-corrected chi connectivity index (χ2v) is 8.35. The van der Waals surface area contributed by atoms with Crippen LogP contribution in [0.1, 0.15) is 64.1 Å². The Labute approximate surface area is 191 Å². The summed E-state index contributed by atoms with van der Waals surface area (Å²) in [5, 5.41) is 2.86. The first-order chi connectivity index (χ1) is 15.1. The standard InChI is InChI=1S/C25H29N2O4P/c1-16-7-5-8-19(13-16)24(31)26-14-20-9-6-10-21(22(20)15-28)25(32)27(4)23(18(3)30)12-11-17(2)29/h5-10,13,15,23,32H,11-12,14H2,1-4H3,(H,26,31). The number of hydrogen-bond donors (Lipinski definition) is 1. The van der Waals surface area contributed by atoms with Gasteiger partial charge in [0.2, 0.25) is 0 Å². The Morgan fingerprint density at radius 2 is 1.81 bits per heavy atom. The monoisotopic (exact) mass is 452 g/mol. The number of rotatable bonds is 11. The molecule has 0 heterocycles. The van der Waals surface area contributed by atoms with Crippen LogP contribution in [0.3, 0.4) is 0 Å². The van der Waals surface area contributed by atoms with Gasteiger partial charge >= 0.3 is 0 Å². The van der Waals surface area contributed by atoms with Crippen molar-refractivity contribution in [1.29, 1.82) is 0 Å². The number of benzene rings is 2. The number of carbonyl (C=O) groups excluding carboxylic acids is 4. The van der Waals surface area contributed by atoms with E-state index >= 15 is 0 Å². The van der Waals surface area contributed by atoms with E-state index in [1.807, 2.05) is 19.1 Å². The summed E-state index contributed by atoms with van der Waals surface area (Å²) in [4.78, 5) is 49.8. The van der Waals surface area contributed by atoms with Crippen LogP contribution in [0.5, 0.6) is 0 Å². The quantitative estimate of drug-likeness (QED) is 0.416. The largest absolute Gasteiger partial charge is 0.348 e. The molecule has 7 heteroatoms. The molecule has 0 bridgehead atoms. The Kier molecular flexibility index (Phi) is 9.18. The summed E-state index contributed by atoms with van der Waals surface area (Å²) in [6.45, 7) is 5.07. The number of aldehydes is 1. The first-order valence-electron chi connectivity index (χ1n) is 10.4. The molecule has 6 nitrogen and oxygen atoms in total. The molecule has 0 spiro atoms. The molecule has 0 aromatic heterocycles. The van der Waals surface area contributed by atoms with Crippen molar-refractivity contribution in [3.8, 4) is 0 Å². The maximum absolute atomic E-state index is 12.5. The van der Waals surface area contributed by atoms with E-state index < -0.39 is 6.04 Å². The van der Waals surface area contributed by atoms with Crippen molar-refractivity contribution in [2.45, 2.75) is 46.2 Å². The minimum atomic E-state index is -0.504. The van der Waals surface area contributed by atoms with E-state index in [0.29, 0.717) is 40.5 Å². The molecule has 0 aliphatic carbocycles. The first kappa shape index (κ1) is 25.3. The smallest absolute Gasteiger partial charge is 0.251 e. The highest BCUT2D eigenvalue weighted by Crippen LogP contribution is 2.20. The second-order valence-electron chi connectivity index (χ2n) is 7.88. The van der Waals surface area contributed by atoms with Crippen LogP contribution in [0.2, 0.25) is 0 Å². The Balaban J connectivity index is 2.24. The molecule has 32 heavy (non-hydrogen) atoms. The number of nitrogens with zero attached hydrogens (tertiary/aromatic N) is 1. The van der Waals surface area contributed by atoms with Crippen LogP contribution in [-0.2, 0) is 16.1 Å². The van der Waals surface area contributed by atoms with Crippen LogP contribution in [-0.4, -0.2) is 47.2 Å².